The predicted octanol–water partition coefficient (Wildman–Crippen LogP) is 6.69. The molecule has 0 bridgehead atoms. The van der Waals surface area contributed by atoms with E-state index in [4.69, 9.17) is 0 Å². The molecule has 1 fully saturated rings. The Bertz CT molecular complexity index is 448. The maximum Gasteiger partial charge on any atom is 0.115 e. The molecule has 0 amide bonds. The van der Waals surface area contributed by atoms with Crippen LogP contribution in [0.3, 0.4) is 0 Å². The molecule has 0 saturated heterocycles. The number of phenols is 1. The van der Waals surface area contributed by atoms with E-state index in [1.54, 1.807) is 12.1 Å². The highest BCUT2D eigenvalue weighted by atomic mass is 19.1. The van der Waals surface area contributed by atoms with Crippen molar-refractivity contribution in [3.8, 4) is 5.75 Å². The van der Waals surface area contributed by atoms with Gasteiger partial charge in [0.15, 0.2) is 0 Å². The fraction of sp³-hybridized carbons (Fsp3) is 0.727. The number of alkyl halides is 1. The zero-order valence-corrected chi connectivity index (χ0v) is 15.5. The van der Waals surface area contributed by atoms with Crippen molar-refractivity contribution < 1.29 is 9.50 Å². The predicted molar refractivity (Wildman–Crippen MR) is 100 cm³/mol. The van der Waals surface area contributed by atoms with Crippen LogP contribution in [0.15, 0.2) is 24.3 Å². The number of hydrogen-bond donors (Lipinski definition) is 1. The number of rotatable bonds is 9. The van der Waals surface area contributed by atoms with Crippen molar-refractivity contribution in [2.24, 2.45) is 17.8 Å². The molecule has 2 heteroatoms. The summed E-state index contributed by atoms with van der Waals surface area (Å²) in [5, 5.41) is 9.33. The number of phenolic OH excluding ortho intramolecular Hbond substituents is 1. The standard InChI is InChI=1S/C22H35FO/c1-3-5-6-17-7-11-20(12-8-17)19(4-2)16-21(23)15-18-9-13-22(24)14-10-18/h9-10,13-14,17,19-21,24H,3-8,11-12,15-16H2,1-2H3. The van der Waals surface area contributed by atoms with E-state index in [0.29, 0.717) is 18.8 Å². The third kappa shape index (κ3) is 6.11. The Morgan fingerprint density at radius 3 is 2.33 bits per heavy atom. The van der Waals surface area contributed by atoms with Gasteiger partial charge in [0.1, 0.15) is 11.9 Å². The van der Waals surface area contributed by atoms with Crippen LogP contribution < -0.4 is 0 Å². The Hall–Kier alpha value is -1.05. The Balaban J connectivity index is 1.78. The fourth-order valence-electron chi connectivity index (χ4n) is 4.43. The van der Waals surface area contributed by atoms with Crippen LogP contribution in [0, 0.1) is 17.8 Å². The van der Waals surface area contributed by atoms with Gasteiger partial charge in [0.05, 0.1) is 0 Å². The lowest BCUT2D eigenvalue weighted by molar-refractivity contribution is 0.152. The highest BCUT2D eigenvalue weighted by Gasteiger charge is 2.28. The molecule has 1 N–H and O–H groups in total. The minimum absolute atomic E-state index is 0.250. The third-order valence-electron chi connectivity index (χ3n) is 6.00. The van der Waals surface area contributed by atoms with Crippen LogP contribution in [0.25, 0.3) is 0 Å². The summed E-state index contributed by atoms with van der Waals surface area (Å²) in [5.74, 6) is 2.44. The topological polar surface area (TPSA) is 20.2 Å². The molecule has 2 rings (SSSR count). The van der Waals surface area contributed by atoms with Crippen LogP contribution >= 0.6 is 0 Å². The highest BCUT2D eigenvalue weighted by molar-refractivity contribution is 5.26. The molecular formula is C22H35FO. The molecule has 1 aliphatic rings. The first kappa shape index (κ1) is 19.3. The van der Waals surface area contributed by atoms with E-state index < -0.39 is 6.17 Å². The van der Waals surface area contributed by atoms with Crippen molar-refractivity contribution in [2.45, 2.75) is 84.2 Å². The second-order valence-electron chi connectivity index (χ2n) is 7.79. The van der Waals surface area contributed by atoms with Crippen molar-refractivity contribution >= 4 is 0 Å². The van der Waals surface area contributed by atoms with E-state index in [-0.39, 0.29) is 5.75 Å². The van der Waals surface area contributed by atoms with E-state index in [9.17, 15) is 9.50 Å². The molecule has 1 nitrogen and oxygen atoms in total. The molecule has 0 aromatic heterocycles. The van der Waals surface area contributed by atoms with Gasteiger partial charge >= 0.3 is 0 Å². The number of aromatic hydroxyl groups is 1. The Labute approximate surface area is 147 Å². The van der Waals surface area contributed by atoms with Gasteiger partial charge in [-0.25, -0.2) is 4.39 Å². The van der Waals surface area contributed by atoms with E-state index in [2.05, 4.69) is 13.8 Å². The molecule has 0 heterocycles. The molecule has 2 atom stereocenters. The van der Waals surface area contributed by atoms with E-state index in [0.717, 1.165) is 23.8 Å². The number of hydrogen-bond acceptors (Lipinski definition) is 1. The minimum atomic E-state index is -0.766. The van der Waals surface area contributed by atoms with Gasteiger partial charge in [-0.2, -0.15) is 0 Å². The molecule has 2 unspecified atom stereocenters. The summed E-state index contributed by atoms with van der Waals surface area (Å²) < 4.78 is 14.6. The average molecular weight is 335 g/mol. The van der Waals surface area contributed by atoms with Gasteiger partial charge in [-0.3, -0.25) is 0 Å². The lowest BCUT2D eigenvalue weighted by Crippen LogP contribution is -2.24. The van der Waals surface area contributed by atoms with Crippen molar-refractivity contribution in [3.63, 3.8) is 0 Å². The van der Waals surface area contributed by atoms with Crippen molar-refractivity contribution in [3.05, 3.63) is 29.8 Å². The normalized spacial score (nSPS) is 23.8. The maximum atomic E-state index is 14.6. The number of halogens is 1. The van der Waals surface area contributed by atoms with Gasteiger partial charge in [0, 0.05) is 6.42 Å². The first-order valence-electron chi connectivity index (χ1n) is 10.0. The summed E-state index contributed by atoms with van der Waals surface area (Å²) in [6, 6.07) is 6.97. The van der Waals surface area contributed by atoms with Crippen molar-refractivity contribution in [1.29, 1.82) is 0 Å². The van der Waals surface area contributed by atoms with Gasteiger partial charge in [0.25, 0.3) is 0 Å². The quantitative estimate of drug-likeness (QED) is 0.533. The molecule has 1 aromatic rings. The molecule has 136 valence electrons. The molecule has 24 heavy (non-hydrogen) atoms. The zero-order valence-electron chi connectivity index (χ0n) is 15.5. The molecule has 1 aliphatic carbocycles. The summed E-state index contributed by atoms with van der Waals surface area (Å²) in [6.45, 7) is 4.50. The molecule has 0 aliphatic heterocycles. The van der Waals surface area contributed by atoms with Gasteiger partial charge < -0.3 is 5.11 Å². The first-order chi connectivity index (χ1) is 11.6. The van der Waals surface area contributed by atoms with Crippen molar-refractivity contribution in [1.82, 2.24) is 0 Å². The number of unbranched alkanes of at least 4 members (excludes halogenated alkanes) is 1. The Morgan fingerprint density at radius 1 is 1.08 bits per heavy atom. The second kappa shape index (κ2) is 10.1. The third-order valence-corrected chi connectivity index (χ3v) is 6.00. The molecule has 0 radical (unpaired) electrons. The second-order valence-corrected chi connectivity index (χ2v) is 7.79. The van der Waals surface area contributed by atoms with Crippen LogP contribution in [0.5, 0.6) is 5.75 Å². The highest BCUT2D eigenvalue weighted by Crippen LogP contribution is 2.39. The van der Waals surface area contributed by atoms with Crippen LogP contribution in [0.4, 0.5) is 4.39 Å². The zero-order chi connectivity index (χ0) is 17.4. The van der Waals surface area contributed by atoms with Crippen LogP contribution in [0.1, 0.15) is 77.2 Å². The molecule has 1 saturated carbocycles. The van der Waals surface area contributed by atoms with Crippen LogP contribution in [-0.4, -0.2) is 11.3 Å². The Kier molecular flexibility index (Phi) is 8.08. The average Bonchev–Trinajstić information content (AvgIpc) is 2.60. The largest absolute Gasteiger partial charge is 0.508 e. The van der Waals surface area contributed by atoms with Gasteiger partial charge in [-0.05, 0) is 54.7 Å². The number of benzene rings is 1. The van der Waals surface area contributed by atoms with E-state index in [1.165, 1.54) is 44.9 Å². The van der Waals surface area contributed by atoms with E-state index >= 15 is 0 Å². The summed E-state index contributed by atoms with van der Waals surface area (Å²) in [7, 11) is 0. The monoisotopic (exact) mass is 334 g/mol. The minimum Gasteiger partial charge on any atom is -0.508 e. The summed E-state index contributed by atoms with van der Waals surface area (Å²) >= 11 is 0. The van der Waals surface area contributed by atoms with E-state index in [1.807, 2.05) is 12.1 Å². The molecule has 0 spiro atoms. The lowest BCUT2D eigenvalue weighted by atomic mass is 9.72. The smallest absolute Gasteiger partial charge is 0.115 e. The van der Waals surface area contributed by atoms with Crippen molar-refractivity contribution in [2.75, 3.05) is 0 Å². The summed E-state index contributed by atoms with van der Waals surface area (Å²) in [5.41, 5.74) is 0.985. The first-order valence-corrected chi connectivity index (χ1v) is 10.0. The molecular weight excluding hydrogens is 299 g/mol. The summed E-state index contributed by atoms with van der Waals surface area (Å²) in [6.07, 6.45) is 10.9. The SMILES string of the molecule is CCCCC1CCC(C(CC)CC(F)Cc2ccc(O)cc2)CC1. The van der Waals surface area contributed by atoms with Gasteiger partial charge in [-0.15, -0.1) is 0 Å². The van der Waals surface area contributed by atoms with Gasteiger partial charge in [0.2, 0.25) is 0 Å². The van der Waals surface area contributed by atoms with Gasteiger partial charge in [-0.1, -0.05) is 64.5 Å². The molecule has 1 aromatic carbocycles. The van der Waals surface area contributed by atoms with Crippen LogP contribution in [0.2, 0.25) is 0 Å². The maximum absolute atomic E-state index is 14.6. The fourth-order valence-corrected chi connectivity index (χ4v) is 4.43. The van der Waals surface area contributed by atoms with Crippen LogP contribution in [-0.2, 0) is 6.42 Å². The Morgan fingerprint density at radius 2 is 1.75 bits per heavy atom. The lowest BCUT2D eigenvalue weighted by Gasteiger charge is -2.34. The summed E-state index contributed by atoms with van der Waals surface area (Å²) in [4.78, 5) is 0.